The van der Waals surface area contributed by atoms with Crippen molar-refractivity contribution in [3.63, 3.8) is 0 Å². The van der Waals surface area contributed by atoms with Gasteiger partial charge in [0.15, 0.2) is 6.10 Å². The van der Waals surface area contributed by atoms with Gasteiger partial charge in [0, 0.05) is 17.3 Å². The van der Waals surface area contributed by atoms with Crippen LogP contribution in [0.25, 0.3) is 0 Å². The lowest BCUT2D eigenvalue weighted by molar-refractivity contribution is -0.152. The summed E-state index contributed by atoms with van der Waals surface area (Å²) in [5, 5.41) is 11.8. The number of anilines is 1. The predicted molar refractivity (Wildman–Crippen MR) is 107 cm³/mol. The van der Waals surface area contributed by atoms with Gasteiger partial charge in [0.25, 0.3) is 5.91 Å². The SMILES string of the molecule is C[C@H](OC(=O)CCNS(=O)(=O)c1ccc(Cl)cc1)C(=O)Nc1cccc(C#N)c1. The molecule has 0 heterocycles. The first kappa shape index (κ1) is 22.4. The lowest BCUT2D eigenvalue weighted by atomic mass is 10.2. The van der Waals surface area contributed by atoms with Crippen molar-refractivity contribution in [1.82, 2.24) is 4.72 Å². The molecule has 0 saturated heterocycles. The van der Waals surface area contributed by atoms with E-state index in [4.69, 9.17) is 21.6 Å². The van der Waals surface area contributed by atoms with Gasteiger partial charge in [-0.15, -0.1) is 0 Å². The van der Waals surface area contributed by atoms with Crippen LogP contribution < -0.4 is 10.0 Å². The zero-order chi connectivity index (χ0) is 21.4. The van der Waals surface area contributed by atoms with Gasteiger partial charge in [0.2, 0.25) is 10.0 Å². The van der Waals surface area contributed by atoms with Gasteiger partial charge >= 0.3 is 5.97 Å². The summed E-state index contributed by atoms with van der Waals surface area (Å²) in [6.07, 6.45) is -1.35. The summed E-state index contributed by atoms with van der Waals surface area (Å²) >= 11 is 5.72. The highest BCUT2D eigenvalue weighted by molar-refractivity contribution is 7.89. The zero-order valence-corrected chi connectivity index (χ0v) is 17.0. The maximum Gasteiger partial charge on any atom is 0.307 e. The van der Waals surface area contributed by atoms with Crippen LogP contribution in [-0.2, 0) is 24.3 Å². The van der Waals surface area contributed by atoms with Crippen LogP contribution in [0.2, 0.25) is 5.02 Å². The van der Waals surface area contributed by atoms with Gasteiger partial charge in [0.1, 0.15) is 0 Å². The molecule has 0 bridgehead atoms. The van der Waals surface area contributed by atoms with E-state index in [1.54, 1.807) is 18.2 Å². The Morgan fingerprint density at radius 3 is 2.55 bits per heavy atom. The molecular weight excluding hydrogens is 418 g/mol. The van der Waals surface area contributed by atoms with Crippen LogP contribution in [0.4, 0.5) is 5.69 Å². The van der Waals surface area contributed by atoms with Crippen molar-refractivity contribution < 1.29 is 22.7 Å². The summed E-state index contributed by atoms with van der Waals surface area (Å²) in [7, 11) is -3.79. The molecule has 1 atom stereocenters. The standard InChI is InChI=1S/C19H18ClN3O5S/c1-13(19(25)23-16-4-2-3-14(11-16)12-21)28-18(24)9-10-22-29(26,27)17-7-5-15(20)6-8-17/h2-8,11,13,22H,9-10H2,1H3,(H,23,25)/t13-/m0/s1. The number of sulfonamides is 1. The molecule has 0 aromatic heterocycles. The van der Waals surface area contributed by atoms with Gasteiger partial charge in [-0.3, -0.25) is 9.59 Å². The summed E-state index contributed by atoms with van der Waals surface area (Å²) in [5.74, 6) is -1.31. The van der Waals surface area contributed by atoms with Crippen LogP contribution >= 0.6 is 11.6 Å². The Labute approximate surface area is 173 Å². The summed E-state index contributed by atoms with van der Waals surface area (Å²) in [4.78, 5) is 24.0. The molecule has 10 heteroatoms. The van der Waals surface area contributed by atoms with Crippen LogP contribution in [0.1, 0.15) is 18.9 Å². The molecule has 152 valence electrons. The molecule has 0 aliphatic heterocycles. The van der Waals surface area contributed by atoms with E-state index in [-0.39, 0.29) is 17.9 Å². The number of ether oxygens (including phenoxy) is 1. The van der Waals surface area contributed by atoms with E-state index in [1.165, 1.54) is 37.3 Å². The number of rotatable bonds is 8. The number of hydrogen-bond donors (Lipinski definition) is 2. The third-order valence-electron chi connectivity index (χ3n) is 3.68. The third-order valence-corrected chi connectivity index (χ3v) is 5.41. The Hall–Kier alpha value is -2.93. The molecule has 0 unspecified atom stereocenters. The first-order valence-electron chi connectivity index (χ1n) is 8.47. The Balaban J connectivity index is 1.81. The number of nitrogens with zero attached hydrogens (tertiary/aromatic N) is 1. The van der Waals surface area contributed by atoms with E-state index < -0.39 is 28.0 Å². The second kappa shape index (κ2) is 10.0. The topological polar surface area (TPSA) is 125 Å². The minimum atomic E-state index is -3.79. The van der Waals surface area contributed by atoms with Crippen LogP contribution in [0.3, 0.4) is 0 Å². The molecule has 2 aromatic rings. The largest absolute Gasteiger partial charge is 0.452 e. The highest BCUT2D eigenvalue weighted by Gasteiger charge is 2.19. The van der Waals surface area contributed by atoms with Crippen LogP contribution in [0.15, 0.2) is 53.4 Å². The monoisotopic (exact) mass is 435 g/mol. The molecule has 0 fully saturated rings. The Kier molecular flexibility index (Phi) is 7.73. The molecule has 2 rings (SSSR count). The first-order valence-corrected chi connectivity index (χ1v) is 10.3. The van der Waals surface area contributed by atoms with Crippen molar-refractivity contribution in [2.24, 2.45) is 0 Å². The quantitative estimate of drug-likeness (QED) is 0.613. The van der Waals surface area contributed by atoms with E-state index in [2.05, 4.69) is 10.0 Å². The van der Waals surface area contributed by atoms with Gasteiger partial charge in [-0.1, -0.05) is 17.7 Å². The molecule has 0 radical (unpaired) electrons. The second-order valence-electron chi connectivity index (χ2n) is 5.92. The second-order valence-corrected chi connectivity index (χ2v) is 8.12. The summed E-state index contributed by atoms with van der Waals surface area (Å²) in [6.45, 7) is 1.20. The van der Waals surface area contributed by atoms with Crippen molar-refractivity contribution in [3.05, 3.63) is 59.1 Å². The van der Waals surface area contributed by atoms with Gasteiger partial charge in [-0.2, -0.15) is 5.26 Å². The van der Waals surface area contributed by atoms with Gasteiger partial charge in [0.05, 0.1) is 22.9 Å². The number of amides is 1. The molecule has 0 saturated carbocycles. The maximum absolute atomic E-state index is 12.1. The average Bonchev–Trinajstić information content (AvgIpc) is 2.68. The summed E-state index contributed by atoms with van der Waals surface area (Å²) in [6, 6.07) is 13.8. The van der Waals surface area contributed by atoms with E-state index >= 15 is 0 Å². The van der Waals surface area contributed by atoms with Crippen molar-refractivity contribution >= 4 is 39.2 Å². The molecular formula is C19H18ClN3O5S. The Bertz CT molecular complexity index is 1030. The van der Waals surface area contributed by atoms with E-state index in [0.717, 1.165) is 0 Å². The average molecular weight is 436 g/mol. The number of halogens is 1. The number of hydrogen-bond acceptors (Lipinski definition) is 6. The number of nitrogens with one attached hydrogen (secondary N) is 2. The summed E-state index contributed by atoms with van der Waals surface area (Å²) in [5.41, 5.74) is 0.771. The van der Waals surface area contributed by atoms with Crippen molar-refractivity contribution in [1.29, 1.82) is 5.26 Å². The number of benzene rings is 2. The van der Waals surface area contributed by atoms with Crippen LogP contribution in [0.5, 0.6) is 0 Å². The Morgan fingerprint density at radius 2 is 1.90 bits per heavy atom. The minimum absolute atomic E-state index is 0.0163. The van der Waals surface area contributed by atoms with Gasteiger partial charge in [-0.25, -0.2) is 13.1 Å². The fourth-order valence-corrected chi connectivity index (χ4v) is 3.36. The van der Waals surface area contributed by atoms with E-state index in [1.807, 2.05) is 6.07 Å². The number of nitriles is 1. The first-order chi connectivity index (χ1) is 13.7. The predicted octanol–water partition coefficient (Wildman–Crippen LogP) is 2.45. The maximum atomic E-state index is 12.1. The molecule has 8 nitrogen and oxygen atoms in total. The normalized spacial score (nSPS) is 11.9. The smallest absolute Gasteiger partial charge is 0.307 e. The Morgan fingerprint density at radius 1 is 1.21 bits per heavy atom. The molecule has 29 heavy (non-hydrogen) atoms. The van der Waals surface area contributed by atoms with Crippen molar-refractivity contribution in [2.75, 3.05) is 11.9 Å². The highest BCUT2D eigenvalue weighted by Crippen LogP contribution is 2.14. The van der Waals surface area contributed by atoms with Gasteiger partial charge in [-0.05, 0) is 49.4 Å². The van der Waals surface area contributed by atoms with E-state index in [9.17, 15) is 18.0 Å². The molecule has 2 aromatic carbocycles. The fourth-order valence-electron chi connectivity index (χ4n) is 2.20. The zero-order valence-electron chi connectivity index (χ0n) is 15.4. The number of esters is 1. The molecule has 2 N–H and O–H groups in total. The van der Waals surface area contributed by atoms with Crippen LogP contribution in [-0.4, -0.2) is 32.9 Å². The molecule has 1 amide bonds. The lowest BCUT2D eigenvalue weighted by Gasteiger charge is -2.14. The number of carbonyl (C=O) groups excluding carboxylic acids is 2. The van der Waals surface area contributed by atoms with Gasteiger partial charge < -0.3 is 10.1 Å². The van der Waals surface area contributed by atoms with Crippen molar-refractivity contribution in [3.8, 4) is 6.07 Å². The highest BCUT2D eigenvalue weighted by atomic mass is 35.5. The van der Waals surface area contributed by atoms with Crippen LogP contribution in [0, 0.1) is 11.3 Å². The van der Waals surface area contributed by atoms with E-state index in [0.29, 0.717) is 16.3 Å². The summed E-state index contributed by atoms with van der Waals surface area (Å²) < 4.78 is 31.5. The fraction of sp³-hybridized carbons (Fsp3) is 0.211. The van der Waals surface area contributed by atoms with Crippen molar-refractivity contribution in [2.45, 2.75) is 24.3 Å². The molecule has 0 aliphatic carbocycles. The molecule has 0 spiro atoms. The lowest BCUT2D eigenvalue weighted by Crippen LogP contribution is -2.32. The molecule has 0 aliphatic rings. The third kappa shape index (κ3) is 6.87. The minimum Gasteiger partial charge on any atom is -0.452 e. The number of carbonyl (C=O) groups is 2.